The predicted molar refractivity (Wildman–Crippen MR) is 78.9 cm³/mol. The molecule has 1 aliphatic rings. The molecule has 2 aromatic carbocycles. The minimum atomic E-state index is -0.136. The van der Waals surface area contributed by atoms with E-state index in [1.165, 1.54) is 0 Å². The molecule has 0 bridgehead atoms. The number of esters is 1. The van der Waals surface area contributed by atoms with Crippen molar-refractivity contribution in [2.75, 3.05) is 0 Å². The molecule has 2 atom stereocenters. The molecule has 3 nitrogen and oxygen atoms in total. The van der Waals surface area contributed by atoms with E-state index in [9.17, 15) is 9.59 Å². The Hall–Kier alpha value is -2.42. The van der Waals surface area contributed by atoms with Crippen LogP contribution in [0.1, 0.15) is 33.8 Å². The minimum absolute atomic E-state index is 0.0456. The molecule has 0 spiro atoms. The number of hydrogen-bond donors (Lipinski definition) is 0. The monoisotopic (exact) mass is 280 g/mol. The lowest BCUT2D eigenvalue weighted by Crippen LogP contribution is -2.07. The Kier molecular flexibility index (Phi) is 3.82. The van der Waals surface area contributed by atoms with E-state index in [1.54, 1.807) is 12.1 Å². The maximum absolute atomic E-state index is 12.0. The molecule has 1 saturated carbocycles. The molecule has 0 unspecified atom stereocenters. The van der Waals surface area contributed by atoms with E-state index in [2.05, 4.69) is 0 Å². The topological polar surface area (TPSA) is 43.4 Å². The van der Waals surface area contributed by atoms with Crippen LogP contribution in [0.2, 0.25) is 0 Å². The number of rotatable bonds is 5. The normalized spacial score (nSPS) is 19.8. The van der Waals surface area contributed by atoms with Crippen LogP contribution in [0.25, 0.3) is 0 Å². The van der Waals surface area contributed by atoms with Gasteiger partial charge in [0, 0.05) is 5.56 Å². The summed E-state index contributed by atoms with van der Waals surface area (Å²) in [5, 5.41) is 0. The third-order valence-corrected chi connectivity index (χ3v) is 3.82. The maximum Gasteiger partial charge on any atom is 0.309 e. The van der Waals surface area contributed by atoms with Gasteiger partial charge in [-0.05, 0) is 23.5 Å². The van der Waals surface area contributed by atoms with Crippen molar-refractivity contribution in [2.24, 2.45) is 5.92 Å². The van der Waals surface area contributed by atoms with Gasteiger partial charge in [-0.2, -0.15) is 0 Å². The average Bonchev–Trinajstić information content (AvgIpc) is 3.34. The summed E-state index contributed by atoms with van der Waals surface area (Å²) in [5.74, 6) is 0.0492. The molecule has 0 aliphatic heterocycles. The fourth-order valence-electron chi connectivity index (χ4n) is 2.48. The highest BCUT2D eigenvalue weighted by Crippen LogP contribution is 2.48. The van der Waals surface area contributed by atoms with Gasteiger partial charge in [0.05, 0.1) is 5.92 Å². The van der Waals surface area contributed by atoms with Crippen molar-refractivity contribution < 1.29 is 14.3 Å². The Morgan fingerprint density at radius 3 is 2.48 bits per heavy atom. The fourth-order valence-corrected chi connectivity index (χ4v) is 2.48. The van der Waals surface area contributed by atoms with Gasteiger partial charge in [-0.25, -0.2) is 0 Å². The molecule has 0 N–H and O–H groups in total. The number of carbonyl (C=O) groups excluding carboxylic acids is 2. The summed E-state index contributed by atoms with van der Waals surface area (Å²) in [6.45, 7) is 0.326. The number of ether oxygens (including phenoxy) is 1. The van der Waals surface area contributed by atoms with Gasteiger partial charge in [0.25, 0.3) is 0 Å². The highest BCUT2D eigenvalue weighted by atomic mass is 16.5. The highest BCUT2D eigenvalue weighted by molar-refractivity contribution is 5.78. The van der Waals surface area contributed by atoms with E-state index < -0.39 is 0 Å². The molecule has 3 heteroatoms. The summed E-state index contributed by atoms with van der Waals surface area (Å²) in [6.07, 6.45) is 1.65. The molecule has 0 amide bonds. The van der Waals surface area contributed by atoms with E-state index >= 15 is 0 Å². The van der Waals surface area contributed by atoms with Gasteiger partial charge >= 0.3 is 5.97 Å². The third kappa shape index (κ3) is 3.19. The summed E-state index contributed by atoms with van der Waals surface area (Å²) >= 11 is 0. The van der Waals surface area contributed by atoms with E-state index in [0.717, 1.165) is 23.8 Å². The number of hydrogen-bond acceptors (Lipinski definition) is 3. The van der Waals surface area contributed by atoms with Gasteiger partial charge < -0.3 is 4.74 Å². The zero-order valence-electron chi connectivity index (χ0n) is 11.6. The second kappa shape index (κ2) is 5.92. The molecule has 1 aliphatic carbocycles. The molecule has 1 fully saturated rings. The van der Waals surface area contributed by atoms with Crippen molar-refractivity contribution in [1.29, 1.82) is 0 Å². The Morgan fingerprint density at radius 2 is 1.81 bits per heavy atom. The molecule has 2 aromatic rings. The van der Waals surface area contributed by atoms with E-state index in [1.807, 2.05) is 42.5 Å². The van der Waals surface area contributed by atoms with Gasteiger partial charge in [0.2, 0.25) is 0 Å². The number of carbonyl (C=O) groups is 2. The van der Waals surface area contributed by atoms with Gasteiger partial charge in [0.15, 0.2) is 0 Å². The van der Waals surface area contributed by atoms with Crippen LogP contribution in [0, 0.1) is 5.92 Å². The summed E-state index contributed by atoms with van der Waals surface area (Å²) < 4.78 is 5.35. The average molecular weight is 280 g/mol. The second-order valence-corrected chi connectivity index (χ2v) is 5.33. The zero-order valence-corrected chi connectivity index (χ0v) is 11.6. The standard InChI is InChI=1S/C18H16O3/c19-11-13-6-8-15(9-7-13)16-10-17(16)18(20)21-12-14-4-2-1-3-5-14/h1-9,11,16-17H,10,12H2/t16-,17+/m0/s1. The first-order valence-corrected chi connectivity index (χ1v) is 7.03. The largest absolute Gasteiger partial charge is 0.461 e. The molecular weight excluding hydrogens is 264 g/mol. The predicted octanol–water partition coefficient (Wildman–Crippen LogP) is 3.35. The summed E-state index contributed by atoms with van der Waals surface area (Å²) in [7, 11) is 0. The smallest absolute Gasteiger partial charge is 0.309 e. The molecule has 3 rings (SSSR count). The summed E-state index contributed by atoms with van der Waals surface area (Å²) in [6, 6.07) is 17.1. The van der Waals surface area contributed by atoms with E-state index in [-0.39, 0.29) is 17.8 Å². The van der Waals surface area contributed by atoms with Crippen LogP contribution in [0.5, 0.6) is 0 Å². The van der Waals surface area contributed by atoms with Crippen LogP contribution in [0.4, 0.5) is 0 Å². The minimum Gasteiger partial charge on any atom is -0.461 e. The van der Waals surface area contributed by atoms with E-state index in [0.29, 0.717) is 12.2 Å². The molecule has 0 heterocycles. The van der Waals surface area contributed by atoms with Crippen LogP contribution in [0.15, 0.2) is 54.6 Å². The molecule has 0 aromatic heterocycles. The third-order valence-electron chi connectivity index (χ3n) is 3.82. The van der Waals surface area contributed by atoms with Crippen LogP contribution >= 0.6 is 0 Å². The summed E-state index contributed by atoms with van der Waals surface area (Å²) in [5.41, 5.74) is 2.75. The second-order valence-electron chi connectivity index (χ2n) is 5.33. The lowest BCUT2D eigenvalue weighted by Gasteiger charge is -2.05. The first kappa shape index (κ1) is 13.6. The number of aldehydes is 1. The van der Waals surface area contributed by atoms with Crippen molar-refractivity contribution in [3.63, 3.8) is 0 Å². The molecule has 0 radical (unpaired) electrons. The Balaban J connectivity index is 1.54. The molecular formula is C18H16O3. The quantitative estimate of drug-likeness (QED) is 0.623. The fraction of sp³-hybridized carbons (Fsp3) is 0.222. The Labute approximate surface area is 123 Å². The van der Waals surface area contributed by atoms with Crippen LogP contribution in [-0.4, -0.2) is 12.3 Å². The van der Waals surface area contributed by atoms with Crippen molar-refractivity contribution in [1.82, 2.24) is 0 Å². The molecule has 21 heavy (non-hydrogen) atoms. The van der Waals surface area contributed by atoms with Gasteiger partial charge in [-0.1, -0.05) is 54.6 Å². The summed E-state index contributed by atoms with van der Waals surface area (Å²) in [4.78, 5) is 22.6. The van der Waals surface area contributed by atoms with Crippen molar-refractivity contribution in [2.45, 2.75) is 18.9 Å². The van der Waals surface area contributed by atoms with Crippen molar-refractivity contribution >= 4 is 12.3 Å². The Morgan fingerprint density at radius 1 is 1.10 bits per heavy atom. The van der Waals surface area contributed by atoms with Gasteiger partial charge in [0.1, 0.15) is 12.9 Å². The van der Waals surface area contributed by atoms with Gasteiger partial charge in [-0.15, -0.1) is 0 Å². The first-order valence-electron chi connectivity index (χ1n) is 7.03. The lowest BCUT2D eigenvalue weighted by molar-refractivity contribution is -0.146. The SMILES string of the molecule is O=Cc1ccc([C@@H]2C[C@H]2C(=O)OCc2ccccc2)cc1. The van der Waals surface area contributed by atoms with Gasteiger partial charge in [-0.3, -0.25) is 9.59 Å². The van der Waals surface area contributed by atoms with Crippen molar-refractivity contribution in [3.05, 3.63) is 71.3 Å². The molecule has 106 valence electrons. The van der Waals surface area contributed by atoms with Crippen LogP contribution < -0.4 is 0 Å². The number of benzene rings is 2. The lowest BCUT2D eigenvalue weighted by atomic mass is 10.1. The van der Waals surface area contributed by atoms with Crippen LogP contribution in [0.3, 0.4) is 0 Å². The highest BCUT2D eigenvalue weighted by Gasteiger charge is 2.45. The maximum atomic E-state index is 12.0. The zero-order chi connectivity index (χ0) is 14.7. The molecule has 0 saturated heterocycles. The van der Waals surface area contributed by atoms with Crippen LogP contribution in [-0.2, 0) is 16.1 Å². The first-order chi connectivity index (χ1) is 10.3. The van der Waals surface area contributed by atoms with E-state index in [4.69, 9.17) is 4.74 Å². The Bertz CT molecular complexity index is 631. The van der Waals surface area contributed by atoms with Crippen molar-refractivity contribution in [3.8, 4) is 0 Å².